The van der Waals surface area contributed by atoms with Crippen LogP contribution in [-0.2, 0) is 16.1 Å². The number of rotatable bonds is 5. The van der Waals surface area contributed by atoms with Crippen molar-refractivity contribution in [2.45, 2.75) is 6.61 Å². The van der Waals surface area contributed by atoms with Crippen molar-refractivity contribution in [2.75, 3.05) is 13.4 Å². The lowest BCUT2D eigenvalue weighted by molar-refractivity contribution is -0.139. The molecule has 4 heteroatoms. The van der Waals surface area contributed by atoms with Gasteiger partial charge in [-0.25, -0.2) is 4.79 Å². The largest absolute Gasteiger partial charge is 0.496 e. The van der Waals surface area contributed by atoms with E-state index in [1.807, 2.05) is 30.5 Å². The first-order valence-corrected chi connectivity index (χ1v) is 6.04. The molecule has 0 aromatic heterocycles. The zero-order valence-electron chi connectivity index (χ0n) is 9.30. The van der Waals surface area contributed by atoms with Gasteiger partial charge in [-0.1, -0.05) is 18.2 Å². The zero-order chi connectivity index (χ0) is 11.8. The molecule has 0 saturated carbocycles. The van der Waals surface area contributed by atoms with Crippen molar-refractivity contribution in [2.24, 2.45) is 0 Å². The second-order valence-corrected chi connectivity index (χ2v) is 3.70. The molecule has 0 heterocycles. The maximum Gasteiger partial charge on any atom is 0.331 e. The van der Waals surface area contributed by atoms with E-state index in [9.17, 15) is 4.79 Å². The summed E-state index contributed by atoms with van der Waals surface area (Å²) in [6, 6.07) is 7.45. The van der Waals surface area contributed by atoms with Crippen molar-refractivity contribution in [1.82, 2.24) is 0 Å². The van der Waals surface area contributed by atoms with E-state index in [1.165, 1.54) is 17.8 Å². The molecule has 0 unspecified atom stereocenters. The van der Waals surface area contributed by atoms with Gasteiger partial charge in [0.15, 0.2) is 0 Å². The van der Waals surface area contributed by atoms with E-state index in [0.29, 0.717) is 0 Å². The highest BCUT2D eigenvalue weighted by atomic mass is 32.2. The molecule has 1 aromatic carbocycles. The summed E-state index contributed by atoms with van der Waals surface area (Å²) in [5, 5.41) is 1.69. The summed E-state index contributed by atoms with van der Waals surface area (Å²) in [7, 11) is 1.59. The van der Waals surface area contributed by atoms with Crippen molar-refractivity contribution < 1.29 is 14.3 Å². The first-order chi connectivity index (χ1) is 7.77. The standard InChI is InChI=1S/C12H14O3S/c1-14-11-6-4-3-5-10(11)9-15-12(13)7-8-16-2/h3-8H,9H2,1-2H3. The van der Waals surface area contributed by atoms with Gasteiger partial charge in [-0.15, -0.1) is 11.8 Å². The minimum atomic E-state index is -0.347. The quantitative estimate of drug-likeness (QED) is 0.583. The molecule has 0 N–H and O–H groups in total. The highest BCUT2D eigenvalue weighted by Gasteiger charge is 2.03. The Balaban J connectivity index is 2.54. The molecule has 0 aliphatic rings. The second-order valence-electron chi connectivity index (χ2n) is 2.96. The molecule has 0 atom stereocenters. The number of carbonyl (C=O) groups excluding carboxylic acids is 1. The Hall–Kier alpha value is -1.42. The van der Waals surface area contributed by atoms with Gasteiger partial charge in [0.25, 0.3) is 0 Å². The molecule has 0 bridgehead atoms. The third kappa shape index (κ3) is 3.98. The maximum atomic E-state index is 11.2. The molecule has 1 aromatic rings. The highest BCUT2D eigenvalue weighted by molar-refractivity contribution is 8.01. The Morgan fingerprint density at radius 2 is 2.19 bits per heavy atom. The predicted molar refractivity (Wildman–Crippen MR) is 65.4 cm³/mol. The van der Waals surface area contributed by atoms with Gasteiger partial charge in [0.05, 0.1) is 7.11 Å². The van der Waals surface area contributed by atoms with Crippen LogP contribution in [0.3, 0.4) is 0 Å². The SMILES string of the molecule is COc1ccccc1COC(=O)C=CSC. The van der Waals surface area contributed by atoms with Crippen molar-refractivity contribution in [3.8, 4) is 5.75 Å². The number of hydrogen-bond donors (Lipinski definition) is 0. The summed E-state index contributed by atoms with van der Waals surface area (Å²) < 4.78 is 10.2. The van der Waals surface area contributed by atoms with Crippen LogP contribution in [0.2, 0.25) is 0 Å². The molecule has 0 radical (unpaired) electrons. The minimum absolute atomic E-state index is 0.224. The van der Waals surface area contributed by atoms with Crippen LogP contribution in [0.15, 0.2) is 35.7 Å². The highest BCUT2D eigenvalue weighted by Crippen LogP contribution is 2.18. The number of esters is 1. The Morgan fingerprint density at radius 3 is 2.88 bits per heavy atom. The zero-order valence-corrected chi connectivity index (χ0v) is 10.1. The van der Waals surface area contributed by atoms with Crippen molar-refractivity contribution >= 4 is 17.7 Å². The molecular weight excluding hydrogens is 224 g/mol. The molecule has 0 saturated heterocycles. The number of methoxy groups -OCH3 is 1. The van der Waals surface area contributed by atoms with Gasteiger partial charge in [-0.3, -0.25) is 0 Å². The molecule has 0 amide bonds. The van der Waals surface area contributed by atoms with E-state index >= 15 is 0 Å². The van der Waals surface area contributed by atoms with Crippen LogP contribution in [0, 0.1) is 0 Å². The summed E-state index contributed by atoms with van der Waals surface area (Å²) in [5.41, 5.74) is 0.857. The molecular formula is C12H14O3S. The first-order valence-electron chi connectivity index (χ1n) is 4.76. The lowest BCUT2D eigenvalue weighted by atomic mass is 10.2. The Labute approximate surface area is 99.4 Å². The van der Waals surface area contributed by atoms with Crippen LogP contribution >= 0.6 is 11.8 Å². The summed E-state index contributed by atoms with van der Waals surface area (Å²) >= 11 is 1.45. The molecule has 16 heavy (non-hydrogen) atoms. The van der Waals surface area contributed by atoms with Crippen LogP contribution in [-0.4, -0.2) is 19.3 Å². The summed E-state index contributed by atoms with van der Waals surface area (Å²) in [4.78, 5) is 11.2. The van der Waals surface area contributed by atoms with E-state index in [1.54, 1.807) is 12.5 Å². The van der Waals surface area contributed by atoms with Gasteiger partial charge in [-0.2, -0.15) is 0 Å². The van der Waals surface area contributed by atoms with Gasteiger partial charge in [0, 0.05) is 11.6 Å². The first kappa shape index (κ1) is 12.6. The van der Waals surface area contributed by atoms with Crippen LogP contribution < -0.4 is 4.74 Å². The predicted octanol–water partition coefficient (Wildman–Crippen LogP) is 2.62. The average Bonchev–Trinajstić information content (AvgIpc) is 2.34. The number of carbonyl (C=O) groups is 1. The molecule has 0 spiro atoms. The van der Waals surface area contributed by atoms with Crippen molar-refractivity contribution in [3.05, 3.63) is 41.3 Å². The molecule has 0 fully saturated rings. The normalized spacial score (nSPS) is 10.4. The molecule has 0 aliphatic heterocycles. The van der Waals surface area contributed by atoms with Gasteiger partial charge >= 0.3 is 5.97 Å². The number of hydrogen-bond acceptors (Lipinski definition) is 4. The third-order valence-electron chi connectivity index (χ3n) is 1.90. The fourth-order valence-corrected chi connectivity index (χ4v) is 1.39. The summed E-state index contributed by atoms with van der Waals surface area (Å²) in [6.45, 7) is 0.224. The fourth-order valence-electron chi connectivity index (χ4n) is 1.14. The van der Waals surface area contributed by atoms with E-state index in [2.05, 4.69) is 0 Å². The van der Waals surface area contributed by atoms with Gasteiger partial charge in [0.1, 0.15) is 12.4 Å². The smallest absolute Gasteiger partial charge is 0.331 e. The van der Waals surface area contributed by atoms with Gasteiger partial charge in [-0.05, 0) is 17.7 Å². The van der Waals surface area contributed by atoms with Crippen molar-refractivity contribution in [1.29, 1.82) is 0 Å². The number of ether oxygens (including phenoxy) is 2. The van der Waals surface area contributed by atoms with E-state index < -0.39 is 0 Å². The Bertz CT molecular complexity index is 374. The van der Waals surface area contributed by atoms with Crippen LogP contribution in [0.5, 0.6) is 5.75 Å². The lowest BCUT2D eigenvalue weighted by Crippen LogP contribution is -2.02. The van der Waals surface area contributed by atoms with Crippen LogP contribution in [0.1, 0.15) is 5.56 Å². The van der Waals surface area contributed by atoms with Gasteiger partial charge in [0.2, 0.25) is 0 Å². The summed E-state index contributed by atoms with van der Waals surface area (Å²) in [6.07, 6.45) is 3.28. The Morgan fingerprint density at radius 1 is 1.44 bits per heavy atom. The maximum absolute atomic E-state index is 11.2. The summed E-state index contributed by atoms with van der Waals surface area (Å²) in [5.74, 6) is 0.379. The van der Waals surface area contributed by atoms with Crippen molar-refractivity contribution in [3.63, 3.8) is 0 Å². The molecule has 0 aliphatic carbocycles. The fraction of sp³-hybridized carbons (Fsp3) is 0.250. The Kier molecular flexibility index (Phi) is 5.50. The monoisotopic (exact) mass is 238 g/mol. The third-order valence-corrected chi connectivity index (χ3v) is 2.31. The van der Waals surface area contributed by atoms with E-state index in [0.717, 1.165) is 11.3 Å². The van der Waals surface area contributed by atoms with Gasteiger partial charge < -0.3 is 9.47 Å². The van der Waals surface area contributed by atoms with E-state index in [-0.39, 0.29) is 12.6 Å². The van der Waals surface area contributed by atoms with Crippen LogP contribution in [0.4, 0.5) is 0 Å². The van der Waals surface area contributed by atoms with E-state index in [4.69, 9.17) is 9.47 Å². The topological polar surface area (TPSA) is 35.5 Å². The second kappa shape index (κ2) is 6.95. The molecule has 3 nitrogen and oxygen atoms in total. The number of thioether (sulfide) groups is 1. The number of benzene rings is 1. The molecule has 86 valence electrons. The lowest BCUT2D eigenvalue weighted by Gasteiger charge is -2.07. The minimum Gasteiger partial charge on any atom is -0.496 e. The van der Waals surface area contributed by atoms with Crippen LogP contribution in [0.25, 0.3) is 0 Å². The number of para-hydroxylation sites is 1. The average molecular weight is 238 g/mol. The molecule has 1 rings (SSSR count).